The number of aryl methyl sites for hydroxylation is 1. The van der Waals surface area contributed by atoms with E-state index in [1.165, 1.54) is 0 Å². The zero-order valence-electron chi connectivity index (χ0n) is 13.1. The summed E-state index contributed by atoms with van der Waals surface area (Å²) < 4.78 is 5.33. The van der Waals surface area contributed by atoms with Gasteiger partial charge in [-0.2, -0.15) is 0 Å². The van der Waals surface area contributed by atoms with Crippen molar-refractivity contribution in [3.63, 3.8) is 0 Å². The minimum atomic E-state index is -0.00378. The highest BCUT2D eigenvalue weighted by Crippen LogP contribution is 2.14. The Balaban J connectivity index is 1.90. The average molecular weight is 291 g/mol. The molecule has 0 spiro atoms. The van der Waals surface area contributed by atoms with E-state index >= 15 is 0 Å². The summed E-state index contributed by atoms with van der Waals surface area (Å²) in [5.41, 5.74) is 2.74. The lowest BCUT2D eigenvalue weighted by Gasteiger charge is -2.29. The number of morpholine rings is 1. The molecule has 1 aromatic rings. The quantitative estimate of drug-likeness (QED) is 0.863. The number of hydrogen-bond donors (Lipinski definition) is 2. The van der Waals surface area contributed by atoms with Gasteiger partial charge in [-0.3, -0.25) is 9.69 Å². The molecule has 1 saturated heterocycles. The van der Waals surface area contributed by atoms with E-state index in [-0.39, 0.29) is 11.9 Å². The second-order valence-corrected chi connectivity index (χ2v) is 5.57. The first kappa shape index (κ1) is 15.8. The maximum absolute atomic E-state index is 12.3. The Morgan fingerprint density at radius 3 is 2.71 bits per heavy atom. The number of ether oxygens (including phenoxy) is 1. The van der Waals surface area contributed by atoms with Crippen molar-refractivity contribution in [1.29, 1.82) is 0 Å². The van der Waals surface area contributed by atoms with Gasteiger partial charge in [-0.25, -0.2) is 0 Å². The third-order valence-corrected chi connectivity index (χ3v) is 3.77. The lowest BCUT2D eigenvalue weighted by atomic mass is 10.1. The lowest BCUT2D eigenvalue weighted by molar-refractivity contribution is 0.0342. The number of benzene rings is 1. The van der Waals surface area contributed by atoms with Gasteiger partial charge in [0.15, 0.2) is 0 Å². The van der Waals surface area contributed by atoms with Crippen LogP contribution in [0.3, 0.4) is 0 Å². The van der Waals surface area contributed by atoms with Crippen molar-refractivity contribution < 1.29 is 9.53 Å². The van der Waals surface area contributed by atoms with Crippen LogP contribution in [-0.4, -0.2) is 56.7 Å². The van der Waals surface area contributed by atoms with Crippen molar-refractivity contribution in [2.75, 3.05) is 45.2 Å². The molecule has 0 radical (unpaired) electrons. The van der Waals surface area contributed by atoms with Crippen LogP contribution in [0.1, 0.15) is 22.8 Å². The largest absolute Gasteiger partial charge is 0.388 e. The Kier molecular flexibility index (Phi) is 5.59. The smallest absolute Gasteiger partial charge is 0.251 e. The summed E-state index contributed by atoms with van der Waals surface area (Å²) in [6.45, 7) is 8.32. The van der Waals surface area contributed by atoms with Gasteiger partial charge in [0, 0.05) is 44.0 Å². The van der Waals surface area contributed by atoms with Gasteiger partial charge in [0.2, 0.25) is 0 Å². The van der Waals surface area contributed by atoms with Gasteiger partial charge in [-0.1, -0.05) is 0 Å². The maximum atomic E-state index is 12.3. The lowest BCUT2D eigenvalue weighted by Crippen LogP contribution is -2.46. The first-order valence-electron chi connectivity index (χ1n) is 7.49. The monoisotopic (exact) mass is 291 g/mol. The Morgan fingerprint density at radius 1 is 1.38 bits per heavy atom. The van der Waals surface area contributed by atoms with Crippen LogP contribution in [0.15, 0.2) is 18.2 Å². The first-order valence-corrected chi connectivity index (χ1v) is 7.49. The van der Waals surface area contributed by atoms with E-state index in [1.54, 1.807) is 0 Å². The predicted molar refractivity (Wildman–Crippen MR) is 84.9 cm³/mol. The molecule has 0 aromatic heterocycles. The Hall–Kier alpha value is -1.59. The molecule has 116 valence electrons. The summed E-state index contributed by atoms with van der Waals surface area (Å²) >= 11 is 0. The number of anilines is 1. The van der Waals surface area contributed by atoms with Gasteiger partial charge in [-0.05, 0) is 37.6 Å². The van der Waals surface area contributed by atoms with Gasteiger partial charge in [-0.15, -0.1) is 0 Å². The van der Waals surface area contributed by atoms with Crippen LogP contribution >= 0.6 is 0 Å². The highest BCUT2D eigenvalue weighted by molar-refractivity contribution is 5.96. The van der Waals surface area contributed by atoms with Crippen LogP contribution in [0.5, 0.6) is 0 Å². The van der Waals surface area contributed by atoms with Crippen LogP contribution in [0, 0.1) is 6.92 Å². The molecule has 5 nitrogen and oxygen atoms in total. The van der Waals surface area contributed by atoms with Crippen molar-refractivity contribution in [3.8, 4) is 0 Å². The summed E-state index contributed by atoms with van der Waals surface area (Å²) in [7, 11) is 1.87. The van der Waals surface area contributed by atoms with E-state index in [0.29, 0.717) is 0 Å². The molecule has 2 N–H and O–H groups in total. The summed E-state index contributed by atoms with van der Waals surface area (Å²) in [6, 6.07) is 5.91. The standard InChI is InChI=1S/C16H25N3O2/c1-12-10-14(17-3)4-5-15(12)16(20)18-13(2)11-19-6-8-21-9-7-19/h4-5,10,13,17H,6-9,11H2,1-3H3,(H,18,20). The number of nitrogens with one attached hydrogen (secondary N) is 2. The molecule has 0 aliphatic carbocycles. The van der Waals surface area contributed by atoms with Crippen LogP contribution in [0.25, 0.3) is 0 Å². The van der Waals surface area contributed by atoms with E-state index < -0.39 is 0 Å². The molecule has 21 heavy (non-hydrogen) atoms. The summed E-state index contributed by atoms with van der Waals surface area (Å²) in [6.07, 6.45) is 0. The summed E-state index contributed by atoms with van der Waals surface area (Å²) in [5.74, 6) is -0.00378. The van der Waals surface area contributed by atoms with Crippen LogP contribution in [0.2, 0.25) is 0 Å². The molecule has 1 aliphatic rings. The number of rotatable bonds is 5. The average Bonchev–Trinajstić information content (AvgIpc) is 2.47. The zero-order valence-corrected chi connectivity index (χ0v) is 13.1. The molecular formula is C16H25N3O2. The maximum Gasteiger partial charge on any atom is 0.251 e. The van der Waals surface area contributed by atoms with E-state index in [4.69, 9.17) is 4.74 Å². The van der Waals surface area contributed by atoms with Crippen molar-refractivity contribution in [1.82, 2.24) is 10.2 Å². The van der Waals surface area contributed by atoms with Crippen molar-refractivity contribution in [2.24, 2.45) is 0 Å². The van der Waals surface area contributed by atoms with Crippen LogP contribution in [-0.2, 0) is 4.74 Å². The molecule has 2 rings (SSSR count). The second kappa shape index (κ2) is 7.43. The van der Waals surface area contributed by atoms with E-state index in [9.17, 15) is 4.79 Å². The fraction of sp³-hybridized carbons (Fsp3) is 0.562. The molecule has 1 atom stereocenters. The summed E-state index contributed by atoms with van der Waals surface area (Å²) in [5, 5.41) is 6.16. The Bertz CT molecular complexity index is 484. The first-order chi connectivity index (χ1) is 10.1. The Labute approximate surface area is 126 Å². The molecule has 1 aromatic carbocycles. The summed E-state index contributed by atoms with van der Waals surface area (Å²) in [4.78, 5) is 14.7. The van der Waals surface area contributed by atoms with Gasteiger partial charge in [0.1, 0.15) is 0 Å². The molecule has 1 aliphatic heterocycles. The molecule has 1 fully saturated rings. The van der Waals surface area contributed by atoms with Crippen LogP contribution in [0.4, 0.5) is 5.69 Å². The molecule has 0 saturated carbocycles. The fourth-order valence-corrected chi connectivity index (χ4v) is 2.59. The third kappa shape index (κ3) is 4.44. The Morgan fingerprint density at radius 2 is 2.10 bits per heavy atom. The topological polar surface area (TPSA) is 53.6 Å². The molecule has 1 amide bonds. The molecule has 0 bridgehead atoms. The predicted octanol–water partition coefficient (Wildman–Crippen LogP) is 1.49. The number of nitrogens with zero attached hydrogens (tertiary/aromatic N) is 1. The minimum Gasteiger partial charge on any atom is -0.388 e. The van der Waals surface area contributed by atoms with Gasteiger partial charge in [0.25, 0.3) is 5.91 Å². The van der Waals surface area contributed by atoms with E-state index in [2.05, 4.69) is 15.5 Å². The molecular weight excluding hydrogens is 266 g/mol. The third-order valence-electron chi connectivity index (χ3n) is 3.77. The number of carbonyl (C=O) groups excluding carboxylic acids is 1. The minimum absolute atomic E-state index is 0.00378. The van der Waals surface area contributed by atoms with Gasteiger partial charge >= 0.3 is 0 Å². The SMILES string of the molecule is CNc1ccc(C(=O)NC(C)CN2CCOCC2)c(C)c1. The molecule has 1 unspecified atom stereocenters. The zero-order chi connectivity index (χ0) is 15.2. The highest BCUT2D eigenvalue weighted by atomic mass is 16.5. The van der Waals surface area contributed by atoms with Crippen molar-refractivity contribution in [3.05, 3.63) is 29.3 Å². The highest BCUT2D eigenvalue weighted by Gasteiger charge is 2.16. The van der Waals surface area contributed by atoms with E-state index in [0.717, 1.165) is 49.7 Å². The second-order valence-electron chi connectivity index (χ2n) is 5.57. The molecule has 1 heterocycles. The number of carbonyl (C=O) groups is 1. The van der Waals surface area contributed by atoms with E-state index in [1.807, 2.05) is 39.1 Å². The number of amides is 1. The van der Waals surface area contributed by atoms with Gasteiger partial charge < -0.3 is 15.4 Å². The normalized spacial score (nSPS) is 17.3. The van der Waals surface area contributed by atoms with Crippen molar-refractivity contribution in [2.45, 2.75) is 19.9 Å². The van der Waals surface area contributed by atoms with Crippen LogP contribution < -0.4 is 10.6 Å². The number of hydrogen-bond acceptors (Lipinski definition) is 4. The molecule has 5 heteroatoms. The fourth-order valence-electron chi connectivity index (χ4n) is 2.59. The van der Waals surface area contributed by atoms with Gasteiger partial charge in [0.05, 0.1) is 13.2 Å². The van der Waals surface area contributed by atoms with Crippen molar-refractivity contribution >= 4 is 11.6 Å².